The van der Waals surface area contributed by atoms with Crippen molar-refractivity contribution in [2.24, 2.45) is 0 Å². The third-order valence-corrected chi connectivity index (χ3v) is 6.20. The Morgan fingerprint density at radius 2 is 1.70 bits per heavy atom. The number of hydrogen-bond donors (Lipinski definition) is 0. The zero-order chi connectivity index (χ0) is 17.4. The lowest BCUT2D eigenvalue weighted by molar-refractivity contribution is 0.242. The Hall–Kier alpha value is -0.803. The predicted molar refractivity (Wildman–Crippen MR) is 90.0 cm³/mol. The molecule has 0 saturated carbocycles. The highest BCUT2D eigenvalue weighted by Gasteiger charge is 2.27. The summed E-state index contributed by atoms with van der Waals surface area (Å²) in [5, 5.41) is 1.38. The standard InChI is InChI=1S/C14H15ClF2O3S2Si/c1-23(2,3)20-14(9-4-10(16)6-11(17)5-9)13-7-12(8-21-13)22(15,18)19/h4-8,14H,1-3H3. The smallest absolute Gasteiger partial charge is 0.262 e. The van der Waals surface area contributed by atoms with Gasteiger partial charge in [0.1, 0.15) is 17.7 Å². The van der Waals surface area contributed by atoms with Gasteiger partial charge >= 0.3 is 0 Å². The van der Waals surface area contributed by atoms with E-state index in [1.165, 1.54) is 23.6 Å². The van der Waals surface area contributed by atoms with Gasteiger partial charge in [-0.3, -0.25) is 0 Å². The quantitative estimate of drug-likeness (QED) is 0.533. The normalized spacial score (nSPS) is 14.0. The summed E-state index contributed by atoms with van der Waals surface area (Å²) in [5.41, 5.74) is 0.297. The van der Waals surface area contributed by atoms with Gasteiger partial charge in [-0.25, -0.2) is 17.2 Å². The van der Waals surface area contributed by atoms with E-state index < -0.39 is 35.1 Å². The largest absolute Gasteiger partial charge is 0.406 e. The van der Waals surface area contributed by atoms with Crippen molar-refractivity contribution in [2.45, 2.75) is 30.6 Å². The molecule has 23 heavy (non-hydrogen) atoms. The van der Waals surface area contributed by atoms with Crippen molar-refractivity contribution in [3.05, 3.63) is 51.7 Å². The molecule has 0 saturated heterocycles. The topological polar surface area (TPSA) is 43.4 Å². The minimum Gasteiger partial charge on any atom is -0.406 e. The fourth-order valence-corrected chi connectivity index (χ4v) is 5.26. The van der Waals surface area contributed by atoms with Gasteiger partial charge in [-0.15, -0.1) is 11.3 Å². The van der Waals surface area contributed by atoms with Crippen LogP contribution in [0.5, 0.6) is 0 Å². The zero-order valence-electron chi connectivity index (χ0n) is 12.6. The molecular weight excluding hydrogens is 382 g/mol. The molecule has 1 aromatic carbocycles. The molecule has 0 aliphatic rings. The highest BCUT2D eigenvalue weighted by Crippen LogP contribution is 2.36. The molecule has 0 bridgehead atoms. The first-order chi connectivity index (χ1) is 10.5. The second kappa shape index (κ2) is 6.60. The van der Waals surface area contributed by atoms with Crippen LogP contribution in [-0.2, 0) is 13.5 Å². The van der Waals surface area contributed by atoms with E-state index in [-0.39, 0.29) is 4.90 Å². The van der Waals surface area contributed by atoms with E-state index in [9.17, 15) is 17.2 Å². The second-order valence-electron chi connectivity index (χ2n) is 5.94. The zero-order valence-corrected chi connectivity index (χ0v) is 16.0. The maximum Gasteiger partial charge on any atom is 0.262 e. The minimum absolute atomic E-state index is 0.0554. The molecule has 126 valence electrons. The third-order valence-electron chi connectivity index (χ3n) is 2.79. The van der Waals surface area contributed by atoms with Crippen molar-refractivity contribution >= 4 is 39.4 Å². The summed E-state index contributed by atoms with van der Waals surface area (Å²) >= 11 is 1.12. The van der Waals surface area contributed by atoms with E-state index in [2.05, 4.69) is 0 Å². The molecule has 0 aliphatic heterocycles. The summed E-state index contributed by atoms with van der Waals surface area (Å²) in [5.74, 6) is -1.43. The Morgan fingerprint density at radius 1 is 1.13 bits per heavy atom. The number of halogens is 3. The van der Waals surface area contributed by atoms with Gasteiger partial charge in [0.25, 0.3) is 9.05 Å². The lowest BCUT2D eigenvalue weighted by Gasteiger charge is -2.26. The third kappa shape index (κ3) is 5.08. The van der Waals surface area contributed by atoms with Crippen molar-refractivity contribution in [2.75, 3.05) is 0 Å². The minimum atomic E-state index is -3.87. The van der Waals surface area contributed by atoms with Gasteiger partial charge in [-0.1, -0.05) is 0 Å². The van der Waals surface area contributed by atoms with Crippen LogP contribution in [0.1, 0.15) is 16.5 Å². The molecule has 1 atom stereocenters. The Balaban J connectivity index is 2.52. The summed E-state index contributed by atoms with van der Waals surface area (Å²) < 4.78 is 55.9. The van der Waals surface area contributed by atoms with Crippen LogP contribution in [0.3, 0.4) is 0 Å². The number of benzene rings is 1. The van der Waals surface area contributed by atoms with E-state index in [1.54, 1.807) is 0 Å². The van der Waals surface area contributed by atoms with E-state index in [0.717, 1.165) is 17.4 Å². The van der Waals surface area contributed by atoms with Crippen LogP contribution in [0.25, 0.3) is 0 Å². The first-order valence-corrected chi connectivity index (χ1v) is 13.2. The fraction of sp³-hybridized carbons (Fsp3) is 0.286. The summed E-state index contributed by atoms with van der Waals surface area (Å²) in [7, 11) is -0.612. The van der Waals surface area contributed by atoms with Crippen LogP contribution >= 0.6 is 22.0 Å². The second-order valence-corrected chi connectivity index (χ2v) is 13.9. The Labute approximate surface area is 143 Å². The first kappa shape index (κ1) is 18.5. The van der Waals surface area contributed by atoms with Crippen molar-refractivity contribution in [1.82, 2.24) is 0 Å². The summed E-state index contributed by atoms with van der Waals surface area (Å²) in [4.78, 5) is 0.469. The van der Waals surface area contributed by atoms with Gasteiger partial charge in [0.2, 0.25) is 0 Å². The SMILES string of the molecule is C[Si](C)(C)OC(c1cc(F)cc(F)c1)c1cc(S(=O)(=O)Cl)cs1. The van der Waals surface area contributed by atoms with Crippen molar-refractivity contribution in [3.63, 3.8) is 0 Å². The van der Waals surface area contributed by atoms with Gasteiger partial charge < -0.3 is 4.43 Å². The molecule has 2 aromatic rings. The highest BCUT2D eigenvalue weighted by atomic mass is 35.7. The van der Waals surface area contributed by atoms with Gasteiger partial charge in [0, 0.05) is 27.0 Å². The monoisotopic (exact) mass is 396 g/mol. The lowest BCUT2D eigenvalue weighted by atomic mass is 10.1. The van der Waals surface area contributed by atoms with E-state index >= 15 is 0 Å². The van der Waals surface area contributed by atoms with Gasteiger partial charge in [-0.2, -0.15) is 0 Å². The van der Waals surface area contributed by atoms with E-state index in [4.69, 9.17) is 15.1 Å². The summed E-state index contributed by atoms with van der Waals surface area (Å²) in [6.45, 7) is 5.80. The van der Waals surface area contributed by atoms with Gasteiger partial charge in [-0.05, 0) is 43.4 Å². The Morgan fingerprint density at radius 3 is 2.13 bits per heavy atom. The average Bonchev–Trinajstić information content (AvgIpc) is 2.82. The van der Waals surface area contributed by atoms with Crippen LogP contribution < -0.4 is 0 Å². The molecule has 0 spiro atoms. The molecule has 2 rings (SSSR count). The van der Waals surface area contributed by atoms with Crippen molar-refractivity contribution in [3.8, 4) is 0 Å². The molecular formula is C14H15ClF2O3S2Si. The van der Waals surface area contributed by atoms with E-state index in [0.29, 0.717) is 10.4 Å². The molecule has 0 N–H and O–H groups in total. The first-order valence-electron chi connectivity index (χ1n) is 6.62. The molecule has 3 nitrogen and oxygen atoms in total. The van der Waals surface area contributed by atoms with E-state index in [1.807, 2.05) is 19.6 Å². The van der Waals surface area contributed by atoms with Crippen LogP contribution in [-0.4, -0.2) is 16.7 Å². The lowest BCUT2D eigenvalue weighted by Crippen LogP contribution is -2.28. The molecule has 0 aliphatic carbocycles. The Kier molecular flexibility index (Phi) is 5.32. The maximum atomic E-state index is 13.5. The predicted octanol–water partition coefficient (Wildman–Crippen LogP) is 4.89. The highest BCUT2D eigenvalue weighted by molar-refractivity contribution is 8.13. The molecule has 1 heterocycles. The number of hydrogen-bond acceptors (Lipinski definition) is 4. The van der Waals surface area contributed by atoms with Gasteiger partial charge in [0.05, 0.1) is 4.90 Å². The number of thiophene rings is 1. The van der Waals surface area contributed by atoms with Gasteiger partial charge in [0.15, 0.2) is 8.32 Å². The maximum absolute atomic E-state index is 13.5. The van der Waals surface area contributed by atoms with Crippen LogP contribution in [0.2, 0.25) is 19.6 Å². The molecule has 0 fully saturated rings. The van der Waals surface area contributed by atoms with Crippen LogP contribution in [0.4, 0.5) is 8.78 Å². The molecule has 1 unspecified atom stereocenters. The van der Waals surface area contributed by atoms with Crippen LogP contribution in [0, 0.1) is 11.6 Å². The van der Waals surface area contributed by atoms with Crippen molar-refractivity contribution in [1.29, 1.82) is 0 Å². The molecule has 0 radical (unpaired) electrons. The molecule has 0 amide bonds. The fourth-order valence-electron chi connectivity index (χ4n) is 1.97. The molecule has 1 aromatic heterocycles. The van der Waals surface area contributed by atoms with Crippen molar-refractivity contribution < 1.29 is 21.6 Å². The van der Waals surface area contributed by atoms with Crippen LogP contribution in [0.15, 0.2) is 34.5 Å². The molecule has 9 heteroatoms. The summed E-state index contributed by atoms with van der Waals surface area (Å²) in [6, 6.07) is 4.52. The summed E-state index contributed by atoms with van der Waals surface area (Å²) in [6.07, 6.45) is -0.746. The number of rotatable bonds is 5. The Bertz CT molecular complexity index is 795. The average molecular weight is 397 g/mol.